The van der Waals surface area contributed by atoms with Gasteiger partial charge in [0.2, 0.25) is 11.8 Å². The zero-order valence-electron chi connectivity index (χ0n) is 15.2. The third-order valence-corrected chi connectivity index (χ3v) is 4.34. The lowest BCUT2D eigenvalue weighted by Crippen LogP contribution is -2.15. The minimum Gasteiger partial charge on any atom is -0.497 e. The number of methoxy groups -OCH3 is 2. The summed E-state index contributed by atoms with van der Waals surface area (Å²) in [6.07, 6.45) is 0.0645. The lowest BCUT2D eigenvalue weighted by molar-refractivity contribution is -0.115. The number of halogens is 1. The number of hydrogen-bond donors (Lipinski definition) is 1. The van der Waals surface area contributed by atoms with Crippen molar-refractivity contribution in [1.82, 2.24) is 4.98 Å². The molecule has 0 saturated heterocycles. The lowest BCUT2D eigenvalue weighted by Gasteiger charge is -2.11. The van der Waals surface area contributed by atoms with Gasteiger partial charge in [-0.05, 0) is 31.2 Å². The standard InChI is InChI=1S/C20H19ClN2O4/c1-12-17(23-20(27-12)14-6-4-5-7-15(14)21)11-19(24)22-16-9-8-13(25-2)10-18(16)26-3/h4-10H,11H2,1-3H3,(H,22,24). The SMILES string of the molecule is COc1ccc(NC(=O)Cc2nc(-c3ccccc3Cl)oc2C)c(OC)c1. The maximum absolute atomic E-state index is 12.5. The van der Waals surface area contributed by atoms with E-state index in [1.54, 1.807) is 38.3 Å². The molecule has 0 saturated carbocycles. The smallest absolute Gasteiger partial charge is 0.230 e. The second-order valence-corrected chi connectivity index (χ2v) is 6.20. The summed E-state index contributed by atoms with van der Waals surface area (Å²) >= 11 is 6.19. The molecule has 0 fully saturated rings. The Balaban J connectivity index is 1.76. The van der Waals surface area contributed by atoms with E-state index < -0.39 is 0 Å². The van der Waals surface area contributed by atoms with Gasteiger partial charge in [0.25, 0.3) is 0 Å². The van der Waals surface area contributed by atoms with Gasteiger partial charge >= 0.3 is 0 Å². The predicted octanol–water partition coefficient (Wildman–Crippen LogP) is 4.50. The second-order valence-electron chi connectivity index (χ2n) is 5.79. The number of carbonyl (C=O) groups is 1. The Morgan fingerprint density at radius 3 is 2.67 bits per heavy atom. The summed E-state index contributed by atoms with van der Waals surface area (Å²) in [4.78, 5) is 16.9. The van der Waals surface area contributed by atoms with Gasteiger partial charge in [0.1, 0.15) is 17.3 Å². The van der Waals surface area contributed by atoms with Crippen molar-refractivity contribution >= 4 is 23.2 Å². The highest BCUT2D eigenvalue weighted by atomic mass is 35.5. The molecule has 0 aliphatic rings. The molecular formula is C20H19ClN2O4. The van der Waals surface area contributed by atoms with Crippen LogP contribution in [-0.4, -0.2) is 25.1 Å². The van der Waals surface area contributed by atoms with Crippen molar-refractivity contribution < 1.29 is 18.7 Å². The molecule has 0 aliphatic heterocycles. The van der Waals surface area contributed by atoms with Crippen LogP contribution in [0.1, 0.15) is 11.5 Å². The highest BCUT2D eigenvalue weighted by Crippen LogP contribution is 2.30. The molecule has 0 bridgehead atoms. The molecule has 3 rings (SSSR count). The number of carbonyl (C=O) groups excluding carboxylic acids is 1. The molecule has 27 heavy (non-hydrogen) atoms. The number of rotatable bonds is 6. The zero-order valence-corrected chi connectivity index (χ0v) is 16.0. The highest BCUT2D eigenvalue weighted by Gasteiger charge is 2.17. The van der Waals surface area contributed by atoms with E-state index >= 15 is 0 Å². The summed E-state index contributed by atoms with van der Waals surface area (Å²) < 4.78 is 16.1. The van der Waals surface area contributed by atoms with Crippen LogP contribution in [0.15, 0.2) is 46.9 Å². The molecule has 1 heterocycles. The lowest BCUT2D eigenvalue weighted by atomic mass is 10.2. The molecule has 0 atom stereocenters. The van der Waals surface area contributed by atoms with Gasteiger partial charge in [0.05, 0.1) is 42.6 Å². The number of benzene rings is 2. The number of hydrogen-bond acceptors (Lipinski definition) is 5. The Labute approximate surface area is 162 Å². The first-order valence-electron chi connectivity index (χ1n) is 8.25. The molecule has 1 amide bonds. The molecule has 0 unspecified atom stereocenters. The van der Waals surface area contributed by atoms with Crippen molar-refractivity contribution in [2.45, 2.75) is 13.3 Å². The number of aryl methyl sites for hydroxylation is 1. The maximum atomic E-state index is 12.5. The number of anilines is 1. The number of ether oxygens (including phenoxy) is 2. The van der Waals surface area contributed by atoms with Crippen LogP contribution in [0, 0.1) is 6.92 Å². The Morgan fingerprint density at radius 2 is 1.96 bits per heavy atom. The van der Waals surface area contributed by atoms with Gasteiger partial charge in [-0.15, -0.1) is 0 Å². The van der Waals surface area contributed by atoms with Crippen molar-refractivity contribution in [3.8, 4) is 23.0 Å². The molecule has 1 aromatic heterocycles. The van der Waals surface area contributed by atoms with Gasteiger partial charge in [-0.1, -0.05) is 23.7 Å². The molecule has 0 radical (unpaired) electrons. The van der Waals surface area contributed by atoms with Crippen LogP contribution >= 0.6 is 11.6 Å². The largest absolute Gasteiger partial charge is 0.497 e. The maximum Gasteiger partial charge on any atom is 0.230 e. The van der Waals surface area contributed by atoms with E-state index in [0.717, 1.165) is 0 Å². The molecule has 7 heteroatoms. The van der Waals surface area contributed by atoms with Crippen LogP contribution in [0.5, 0.6) is 11.5 Å². The Hall–Kier alpha value is -2.99. The average molecular weight is 387 g/mol. The van der Waals surface area contributed by atoms with E-state index in [1.807, 2.05) is 18.2 Å². The zero-order chi connectivity index (χ0) is 19.4. The van der Waals surface area contributed by atoms with Crippen molar-refractivity contribution in [3.05, 3.63) is 58.9 Å². The van der Waals surface area contributed by atoms with Gasteiger partial charge in [-0.25, -0.2) is 4.98 Å². The fourth-order valence-corrected chi connectivity index (χ4v) is 2.81. The fraction of sp³-hybridized carbons (Fsp3) is 0.200. The van der Waals surface area contributed by atoms with Gasteiger partial charge in [-0.3, -0.25) is 4.79 Å². The van der Waals surface area contributed by atoms with Crippen LogP contribution in [0.3, 0.4) is 0 Å². The van der Waals surface area contributed by atoms with Crippen LogP contribution in [0.2, 0.25) is 5.02 Å². The van der Waals surface area contributed by atoms with E-state index in [2.05, 4.69) is 10.3 Å². The van der Waals surface area contributed by atoms with Crippen molar-refractivity contribution in [1.29, 1.82) is 0 Å². The molecule has 6 nitrogen and oxygen atoms in total. The summed E-state index contributed by atoms with van der Waals surface area (Å²) in [6, 6.07) is 12.4. The van der Waals surface area contributed by atoms with E-state index in [-0.39, 0.29) is 12.3 Å². The summed E-state index contributed by atoms with van der Waals surface area (Å²) in [7, 11) is 3.10. The number of amides is 1. The van der Waals surface area contributed by atoms with E-state index in [0.29, 0.717) is 45.1 Å². The van der Waals surface area contributed by atoms with Crippen LogP contribution in [0.4, 0.5) is 5.69 Å². The Kier molecular flexibility index (Phi) is 5.66. The van der Waals surface area contributed by atoms with E-state index in [1.165, 1.54) is 7.11 Å². The van der Waals surface area contributed by atoms with Crippen LogP contribution in [-0.2, 0) is 11.2 Å². The predicted molar refractivity (Wildman–Crippen MR) is 104 cm³/mol. The highest BCUT2D eigenvalue weighted by molar-refractivity contribution is 6.33. The topological polar surface area (TPSA) is 73.6 Å². The molecule has 0 aliphatic carbocycles. The van der Waals surface area contributed by atoms with Crippen molar-refractivity contribution in [2.75, 3.05) is 19.5 Å². The number of oxazole rings is 1. The second kappa shape index (κ2) is 8.14. The van der Waals surface area contributed by atoms with Gasteiger partial charge in [-0.2, -0.15) is 0 Å². The summed E-state index contributed by atoms with van der Waals surface area (Å²) in [6.45, 7) is 1.77. The summed E-state index contributed by atoms with van der Waals surface area (Å²) in [5.74, 6) is 1.88. The first-order valence-corrected chi connectivity index (χ1v) is 8.62. The number of aromatic nitrogens is 1. The number of nitrogens with zero attached hydrogens (tertiary/aromatic N) is 1. The summed E-state index contributed by atoms with van der Waals surface area (Å²) in [5, 5.41) is 3.36. The third kappa shape index (κ3) is 4.23. The minimum atomic E-state index is -0.236. The van der Waals surface area contributed by atoms with Gasteiger partial charge in [0.15, 0.2) is 0 Å². The molecule has 1 N–H and O–H groups in total. The number of nitrogens with one attached hydrogen (secondary N) is 1. The van der Waals surface area contributed by atoms with Crippen molar-refractivity contribution in [2.24, 2.45) is 0 Å². The summed E-state index contributed by atoms with van der Waals surface area (Å²) in [5.41, 5.74) is 1.79. The monoisotopic (exact) mass is 386 g/mol. The van der Waals surface area contributed by atoms with Crippen LogP contribution in [0.25, 0.3) is 11.5 Å². The third-order valence-electron chi connectivity index (χ3n) is 4.01. The molecule has 0 spiro atoms. The molecule has 2 aromatic carbocycles. The fourth-order valence-electron chi connectivity index (χ4n) is 2.59. The Morgan fingerprint density at radius 1 is 1.19 bits per heavy atom. The normalized spacial score (nSPS) is 10.5. The van der Waals surface area contributed by atoms with Gasteiger partial charge < -0.3 is 19.2 Å². The molecule has 140 valence electrons. The average Bonchev–Trinajstić information content (AvgIpc) is 3.02. The quantitative estimate of drug-likeness (QED) is 0.675. The van der Waals surface area contributed by atoms with Crippen molar-refractivity contribution in [3.63, 3.8) is 0 Å². The minimum absolute atomic E-state index is 0.0645. The molecular weight excluding hydrogens is 368 g/mol. The van der Waals surface area contributed by atoms with E-state index in [4.69, 9.17) is 25.5 Å². The molecule has 3 aromatic rings. The first kappa shape index (κ1) is 18.8. The Bertz CT molecular complexity index is 968. The first-order chi connectivity index (χ1) is 13.0. The van der Waals surface area contributed by atoms with E-state index in [9.17, 15) is 4.79 Å². The van der Waals surface area contributed by atoms with Gasteiger partial charge in [0, 0.05) is 6.07 Å². The van der Waals surface area contributed by atoms with Crippen LogP contribution < -0.4 is 14.8 Å².